The van der Waals surface area contributed by atoms with E-state index >= 15 is 0 Å². The lowest BCUT2D eigenvalue weighted by Crippen LogP contribution is -2.04. The molecule has 0 amide bonds. The summed E-state index contributed by atoms with van der Waals surface area (Å²) >= 11 is 6.00. The van der Waals surface area contributed by atoms with Crippen LogP contribution < -0.4 is 5.32 Å². The molecule has 0 aromatic heterocycles. The van der Waals surface area contributed by atoms with Crippen molar-refractivity contribution in [3.63, 3.8) is 0 Å². The number of benzene rings is 1. The highest BCUT2D eigenvalue weighted by atomic mass is 35.5. The third kappa shape index (κ3) is 2.16. The van der Waals surface area contributed by atoms with Gasteiger partial charge in [0.1, 0.15) is 0 Å². The Bertz CT molecular complexity index is 305. The van der Waals surface area contributed by atoms with Crippen molar-refractivity contribution in [1.29, 1.82) is 0 Å². The van der Waals surface area contributed by atoms with Crippen LogP contribution in [0.25, 0.3) is 0 Å². The van der Waals surface area contributed by atoms with Crippen LogP contribution in [0.3, 0.4) is 0 Å². The lowest BCUT2D eigenvalue weighted by Gasteiger charge is -2.09. The molecule has 2 rings (SSSR count). The summed E-state index contributed by atoms with van der Waals surface area (Å²) in [5.74, 6) is 0.901. The van der Waals surface area contributed by atoms with Gasteiger partial charge in [-0.2, -0.15) is 0 Å². The highest BCUT2D eigenvalue weighted by Crippen LogP contribution is 2.30. The third-order valence-corrected chi connectivity index (χ3v) is 2.96. The predicted molar refractivity (Wildman–Crippen MR) is 57.4 cm³/mol. The molecule has 1 N–H and O–H groups in total. The third-order valence-electron chi connectivity index (χ3n) is 2.55. The number of hydrogen-bond acceptors (Lipinski definition) is 1. The fraction of sp³-hybridized carbons (Fsp3) is 0.455. The summed E-state index contributed by atoms with van der Waals surface area (Å²) in [6.07, 6.45) is 2.76. The van der Waals surface area contributed by atoms with Gasteiger partial charge in [0.05, 0.1) is 0 Å². The zero-order chi connectivity index (χ0) is 9.26. The van der Waals surface area contributed by atoms with Gasteiger partial charge in [0, 0.05) is 17.3 Å². The average Bonchev–Trinajstić information content (AvgIpc) is 2.91. The topological polar surface area (TPSA) is 12.0 Å². The van der Waals surface area contributed by atoms with Gasteiger partial charge in [0.2, 0.25) is 0 Å². The van der Waals surface area contributed by atoms with E-state index in [1.807, 2.05) is 12.1 Å². The smallest absolute Gasteiger partial charge is 0.0455 e. The fourth-order valence-corrected chi connectivity index (χ4v) is 1.55. The summed E-state index contributed by atoms with van der Waals surface area (Å²) in [4.78, 5) is 0. The molecule has 1 saturated carbocycles. The van der Waals surface area contributed by atoms with E-state index < -0.39 is 0 Å². The summed E-state index contributed by atoms with van der Waals surface area (Å²) in [5.41, 5.74) is 2.34. The number of anilines is 1. The normalized spacial score (nSPS) is 15.8. The molecule has 0 bridgehead atoms. The lowest BCUT2D eigenvalue weighted by atomic mass is 10.2. The maximum absolute atomic E-state index is 6.00. The SMILES string of the molecule is Cc1c(Cl)cccc1NCC1CC1. The van der Waals surface area contributed by atoms with Crippen molar-refractivity contribution in [2.24, 2.45) is 5.92 Å². The molecule has 0 aliphatic heterocycles. The van der Waals surface area contributed by atoms with Crippen LogP contribution in [-0.2, 0) is 0 Å². The van der Waals surface area contributed by atoms with Crippen LogP contribution in [0.15, 0.2) is 18.2 Å². The summed E-state index contributed by atoms with van der Waals surface area (Å²) in [5, 5.41) is 4.28. The molecule has 0 unspecified atom stereocenters. The number of nitrogens with one attached hydrogen (secondary N) is 1. The second-order valence-corrected chi connectivity index (χ2v) is 4.14. The van der Waals surface area contributed by atoms with Gasteiger partial charge in [-0.1, -0.05) is 17.7 Å². The Morgan fingerprint density at radius 1 is 1.46 bits per heavy atom. The molecule has 0 atom stereocenters. The van der Waals surface area contributed by atoms with Gasteiger partial charge in [0.15, 0.2) is 0 Å². The van der Waals surface area contributed by atoms with Crippen LogP contribution in [0.5, 0.6) is 0 Å². The van der Waals surface area contributed by atoms with Gasteiger partial charge >= 0.3 is 0 Å². The molecule has 1 aromatic carbocycles. The molecule has 2 heteroatoms. The van der Waals surface area contributed by atoms with Crippen molar-refractivity contribution in [1.82, 2.24) is 0 Å². The first kappa shape index (κ1) is 8.89. The monoisotopic (exact) mass is 195 g/mol. The second kappa shape index (κ2) is 3.59. The molecule has 1 fully saturated rings. The molecule has 1 nitrogen and oxygen atoms in total. The largest absolute Gasteiger partial charge is 0.385 e. The van der Waals surface area contributed by atoms with E-state index in [4.69, 9.17) is 11.6 Å². The highest BCUT2D eigenvalue weighted by molar-refractivity contribution is 6.31. The van der Waals surface area contributed by atoms with Crippen LogP contribution in [-0.4, -0.2) is 6.54 Å². The Kier molecular flexibility index (Phi) is 2.45. The van der Waals surface area contributed by atoms with E-state index in [-0.39, 0.29) is 0 Å². The Balaban J connectivity index is 2.05. The van der Waals surface area contributed by atoms with Crippen molar-refractivity contribution >= 4 is 17.3 Å². The van der Waals surface area contributed by atoms with Gasteiger partial charge in [-0.05, 0) is 43.4 Å². The van der Waals surface area contributed by atoms with Crippen LogP contribution in [0.1, 0.15) is 18.4 Å². The first-order chi connectivity index (χ1) is 6.27. The summed E-state index contributed by atoms with van der Waals surface area (Å²) in [7, 11) is 0. The molecular formula is C11H14ClN. The Hall–Kier alpha value is -0.690. The standard InChI is InChI=1S/C11H14ClN/c1-8-10(12)3-2-4-11(8)13-7-9-5-6-9/h2-4,9,13H,5-7H2,1H3. The van der Waals surface area contributed by atoms with Crippen molar-refractivity contribution in [2.75, 3.05) is 11.9 Å². The maximum Gasteiger partial charge on any atom is 0.0455 e. The second-order valence-electron chi connectivity index (χ2n) is 3.74. The fourth-order valence-electron chi connectivity index (χ4n) is 1.38. The van der Waals surface area contributed by atoms with Gasteiger partial charge in [-0.3, -0.25) is 0 Å². The Morgan fingerprint density at radius 3 is 2.92 bits per heavy atom. The Morgan fingerprint density at radius 2 is 2.23 bits per heavy atom. The molecule has 70 valence electrons. The van der Waals surface area contributed by atoms with Gasteiger partial charge < -0.3 is 5.32 Å². The van der Waals surface area contributed by atoms with E-state index in [1.54, 1.807) is 0 Å². The van der Waals surface area contributed by atoms with Crippen LogP contribution in [0, 0.1) is 12.8 Å². The minimum Gasteiger partial charge on any atom is -0.385 e. The molecule has 1 aliphatic rings. The van der Waals surface area contributed by atoms with E-state index in [9.17, 15) is 0 Å². The maximum atomic E-state index is 6.00. The zero-order valence-electron chi connectivity index (χ0n) is 7.81. The molecule has 13 heavy (non-hydrogen) atoms. The van der Waals surface area contributed by atoms with Gasteiger partial charge in [0.25, 0.3) is 0 Å². The summed E-state index contributed by atoms with van der Waals surface area (Å²) < 4.78 is 0. The zero-order valence-corrected chi connectivity index (χ0v) is 8.56. The number of rotatable bonds is 3. The predicted octanol–water partition coefficient (Wildman–Crippen LogP) is 3.47. The first-order valence-corrected chi connectivity index (χ1v) is 5.14. The molecule has 1 aliphatic carbocycles. The lowest BCUT2D eigenvalue weighted by molar-refractivity contribution is 0.888. The van der Waals surface area contributed by atoms with Crippen molar-refractivity contribution in [3.05, 3.63) is 28.8 Å². The average molecular weight is 196 g/mol. The van der Waals surface area contributed by atoms with E-state index in [1.165, 1.54) is 18.5 Å². The van der Waals surface area contributed by atoms with E-state index in [2.05, 4.69) is 18.3 Å². The van der Waals surface area contributed by atoms with Crippen molar-refractivity contribution < 1.29 is 0 Å². The molecule has 1 aromatic rings. The summed E-state index contributed by atoms with van der Waals surface area (Å²) in [6, 6.07) is 6.01. The van der Waals surface area contributed by atoms with Crippen molar-refractivity contribution in [2.45, 2.75) is 19.8 Å². The molecule has 0 spiro atoms. The number of halogens is 1. The van der Waals surface area contributed by atoms with Gasteiger partial charge in [-0.15, -0.1) is 0 Å². The number of hydrogen-bond donors (Lipinski definition) is 1. The minimum absolute atomic E-state index is 0.848. The van der Waals surface area contributed by atoms with Crippen LogP contribution >= 0.6 is 11.6 Å². The molecule has 0 saturated heterocycles. The molecular weight excluding hydrogens is 182 g/mol. The quantitative estimate of drug-likeness (QED) is 0.779. The summed E-state index contributed by atoms with van der Waals surface area (Å²) in [6.45, 7) is 3.15. The van der Waals surface area contributed by atoms with E-state index in [0.717, 1.165) is 23.0 Å². The first-order valence-electron chi connectivity index (χ1n) is 4.76. The molecule has 0 radical (unpaired) electrons. The van der Waals surface area contributed by atoms with Crippen LogP contribution in [0.2, 0.25) is 5.02 Å². The van der Waals surface area contributed by atoms with Crippen LogP contribution in [0.4, 0.5) is 5.69 Å². The highest BCUT2D eigenvalue weighted by Gasteiger charge is 2.20. The Labute approximate surface area is 84.1 Å². The molecule has 0 heterocycles. The minimum atomic E-state index is 0.848. The van der Waals surface area contributed by atoms with Crippen molar-refractivity contribution in [3.8, 4) is 0 Å². The van der Waals surface area contributed by atoms with Gasteiger partial charge in [-0.25, -0.2) is 0 Å². The van der Waals surface area contributed by atoms with E-state index in [0.29, 0.717) is 0 Å².